The number of nitrogens with zero attached hydrogens (tertiary/aromatic N) is 2. The number of anilines is 1. The van der Waals surface area contributed by atoms with Gasteiger partial charge in [-0.25, -0.2) is 4.79 Å². The lowest BCUT2D eigenvalue weighted by molar-refractivity contribution is -0.144. The van der Waals surface area contributed by atoms with E-state index >= 15 is 0 Å². The number of carboxylic acid groups (broad SMARTS) is 1. The Morgan fingerprint density at radius 3 is 2.49 bits per heavy atom. The van der Waals surface area contributed by atoms with E-state index in [1.165, 1.54) is 11.1 Å². The molecule has 1 amide bonds. The molecule has 6 nitrogen and oxygen atoms in total. The lowest BCUT2D eigenvalue weighted by Gasteiger charge is -2.47. The number of pyridine rings is 1. The van der Waals surface area contributed by atoms with Crippen molar-refractivity contribution in [1.29, 1.82) is 0 Å². The Balaban J connectivity index is 1.39. The molecule has 1 aromatic heterocycles. The number of halogens is 1. The largest absolute Gasteiger partial charge is 0.480 e. The smallest absolute Gasteiger partial charge is 0.329 e. The number of fused-ring (bicyclic) bond motifs is 2. The second-order valence-electron chi connectivity index (χ2n) is 10.5. The Kier molecular flexibility index (Phi) is 6.95. The first-order chi connectivity index (χ1) is 17.8. The van der Waals surface area contributed by atoms with Crippen LogP contribution in [0.5, 0.6) is 0 Å². The molecular weight excluding hydrogens is 486 g/mol. The van der Waals surface area contributed by atoms with Crippen LogP contribution in [0.15, 0.2) is 73.1 Å². The summed E-state index contributed by atoms with van der Waals surface area (Å²) in [6.45, 7) is 0.626. The molecule has 1 fully saturated rings. The van der Waals surface area contributed by atoms with Gasteiger partial charge in [-0.2, -0.15) is 0 Å². The van der Waals surface area contributed by atoms with Crippen molar-refractivity contribution in [3.63, 3.8) is 0 Å². The van der Waals surface area contributed by atoms with Crippen molar-refractivity contribution in [2.75, 3.05) is 18.9 Å². The van der Waals surface area contributed by atoms with Gasteiger partial charge in [-0.3, -0.25) is 9.78 Å². The quantitative estimate of drug-likeness (QED) is 0.441. The molecule has 1 unspecified atom stereocenters. The zero-order chi connectivity index (χ0) is 26.0. The van der Waals surface area contributed by atoms with E-state index in [0.717, 1.165) is 12.0 Å². The number of aromatic nitrogens is 1. The molecule has 0 bridgehead atoms. The van der Waals surface area contributed by atoms with Crippen LogP contribution >= 0.6 is 11.6 Å². The fraction of sp³-hybridized carbons (Fsp3) is 0.367. The van der Waals surface area contributed by atoms with Crippen molar-refractivity contribution in [2.24, 2.45) is 5.92 Å². The van der Waals surface area contributed by atoms with Gasteiger partial charge in [0.05, 0.1) is 5.92 Å². The highest BCUT2D eigenvalue weighted by molar-refractivity contribution is 6.30. The lowest BCUT2D eigenvalue weighted by Crippen LogP contribution is -2.54. The predicted octanol–water partition coefficient (Wildman–Crippen LogP) is 5.36. The van der Waals surface area contributed by atoms with Gasteiger partial charge in [0, 0.05) is 42.1 Å². The summed E-state index contributed by atoms with van der Waals surface area (Å²) in [5, 5.41) is 14.2. The van der Waals surface area contributed by atoms with Crippen LogP contribution in [0.25, 0.3) is 0 Å². The van der Waals surface area contributed by atoms with Crippen molar-refractivity contribution in [1.82, 2.24) is 9.88 Å². The molecule has 2 aromatic carbocycles. The second-order valence-corrected chi connectivity index (χ2v) is 10.9. The van der Waals surface area contributed by atoms with Crippen molar-refractivity contribution in [3.8, 4) is 0 Å². The summed E-state index contributed by atoms with van der Waals surface area (Å²) in [6, 6.07) is 19.4. The van der Waals surface area contributed by atoms with E-state index in [4.69, 9.17) is 11.6 Å². The number of likely N-dealkylation sites (N-methyl/N-ethyl adjacent to an activating group) is 1. The molecule has 37 heavy (non-hydrogen) atoms. The molecule has 2 aliphatic rings. The van der Waals surface area contributed by atoms with E-state index in [1.807, 2.05) is 48.3 Å². The Bertz CT molecular complexity index is 1290. The molecule has 0 saturated heterocycles. The molecule has 5 rings (SSSR count). The van der Waals surface area contributed by atoms with Gasteiger partial charge in [-0.15, -0.1) is 0 Å². The highest BCUT2D eigenvalue weighted by Crippen LogP contribution is 2.55. The maximum absolute atomic E-state index is 13.9. The standard InChI is InChI=1S/C30H32ClN3O3/c1-34(18-11-21-9-16-32-17-10-21)27(35)26-19-22-5-2-3-8-25(22)29(26)12-14-30(15-13-29,28(36)37)33-24-7-4-6-23(31)20-24/h2-10,16-17,20,26,33H,11-15,18-19H2,1H3,(H,36,37). The van der Waals surface area contributed by atoms with Gasteiger partial charge in [-0.1, -0.05) is 41.9 Å². The molecule has 0 aliphatic heterocycles. The Morgan fingerprint density at radius 1 is 1.05 bits per heavy atom. The molecule has 1 heterocycles. The van der Waals surface area contributed by atoms with Crippen LogP contribution < -0.4 is 5.32 Å². The van der Waals surface area contributed by atoms with Crippen LogP contribution in [0, 0.1) is 5.92 Å². The predicted molar refractivity (Wildman–Crippen MR) is 145 cm³/mol. The minimum Gasteiger partial charge on any atom is -0.480 e. The first-order valence-electron chi connectivity index (χ1n) is 12.8. The minimum atomic E-state index is -1.10. The number of hydrogen-bond acceptors (Lipinski definition) is 4. The van der Waals surface area contributed by atoms with Crippen LogP contribution in [0.4, 0.5) is 5.69 Å². The first-order valence-corrected chi connectivity index (χ1v) is 13.2. The summed E-state index contributed by atoms with van der Waals surface area (Å²) >= 11 is 6.16. The van der Waals surface area contributed by atoms with E-state index < -0.39 is 11.5 Å². The summed E-state index contributed by atoms with van der Waals surface area (Å²) < 4.78 is 0. The van der Waals surface area contributed by atoms with E-state index in [2.05, 4.69) is 22.4 Å². The van der Waals surface area contributed by atoms with E-state index in [0.29, 0.717) is 49.4 Å². The maximum atomic E-state index is 13.9. The number of carboxylic acids is 1. The lowest BCUT2D eigenvalue weighted by atomic mass is 9.60. The average molecular weight is 518 g/mol. The number of hydrogen-bond donors (Lipinski definition) is 2. The molecular formula is C30H32ClN3O3. The van der Waals surface area contributed by atoms with E-state index in [1.54, 1.807) is 24.5 Å². The van der Waals surface area contributed by atoms with Gasteiger partial charge >= 0.3 is 5.97 Å². The fourth-order valence-corrected chi connectivity index (χ4v) is 6.50. The number of aliphatic carboxylic acids is 1. The first kappa shape index (κ1) is 25.3. The highest BCUT2D eigenvalue weighted by Gasteiger charge is 2.56. The number of carbonyl (C=O) groups excluding carboxylic acids is 1. The third-order valence-electron chi connectivity index (χ3n) is 8.42. The van der Waals surface area contributed by atoms with Gasteiger partial charge in [0.25, 0.3) is 0 Å². The van der Waals surface area contributed by atoms with Gasteiger partial charge in [0.15, 0.2) is 0 Å². The number of carbonyl (C=O) groups is 2. The summed E-state index contributed by atoms with van der Waals surface area (Å²) in [7, 11) is 1.88. The van der Waals surface area contributed by atoms with Gasteiger partial charge in [0.1, 0.15) is 5.54 Å². The molecule has 7 heteroatoms. The van der Waals surface area contributed by atoms with Gasteiger partial charge < -0.3 is 15.3 Å². The average Bonchev–Trinajstić information content (AvgIpc) is 3.22. The molecule has 1 spiro atoms. The molecule has 1 atom stereocenters. The van der Waals surface area contributed by atoms with Crippen molar-refractivity contribution in [3.05, 3.63) is 94.8 Å². The summed E-state index contributed by atoms with van der Waals surface area (Å²) in [5.74, 6) is -0.938. The second kappa shape index (κ2) is 10.2. The van der Waals surface area contributed by atoms with Gasteiger partial charge in [0.2, 0.25) is 5.91 Å². The van der Waals surface area contributed by atoms with Crippen LogP contribution in [0.2, 0.25) is 5.02 Å². The fourth-order valence-electron chi connectivity index (χ4n) is 6.31. The summed E-state index contributed by atoms with van der Waals surface area (Å²) in [4.78, 5) is 32.4. The SMILES string of the molecule is CN(CCc1ccncc1)C(=O)C1Cc2ccccc2C12CCC(Nc1cccc(Cl)c1)(C(=O)O)CC2. The Hall–Kier alpha value is -3.38. The van der Waals surface area contributed by atoms with E-state index in [9.17, 15) is 14.7 Å². The zero-order valence-electron chi connectivity index (χ0n) is 21.0. The molecule has 0 radical (unpaired) electrons. The van der Waals surface area contributed by atoms with Crippen LogP contribution in [-0.2, 0) is 27.8 Å². The molecule has 192 valence electrons. The van der Waals surface area contributed by atoms with Crippen LogP contribution in [-0.4, -0.2) is 46.0 Å². The number of benzene rings is 2. The Labute approximate surface area is 222 Å². The van der Waals surface area contributed by atoms with Crippen LogP contribution in [0.1, 0.15) is 42.4 Å². The summed E-state index contributed by atoms with van der Waals surface area (Å²) in [6.07, 6.45) is 7.10. The monoisotopic (exact) mass is 517 g/mol. The highest BCUT2D eigenvalue weighted by atomic mass is 35.5. The minimum absolute atomic E-state index is 0.135. The van der Waals surface area contributed by atoms with Crippen LogP contribution in [0.3, 0.4) is 0 Å². The van der Waals surface area contributed by atoms with Gasteiger partial charge in [-0.05, 0) is 85.5 Å². The van der Waals surface area contributed by atoms with E-state index in [-0.39, 0.29) is 17.2 Å². The third kappa shape index (κ3) is 4.82. The van der Waals surface area contributed by atoms with Crippen molar-refractivity contribution in [2.45, 2.75) is 49.5 Å². The Morgan fingerprint density at radius 2 is 1.78 bits per heavy atom. The third-order valence-corrected chi connectivity index (χ3v) is 8.65. The van der Waals surface area contributed by atoms with Crippen molar-refractivity contribution >= 4 is 29.2 Å². The number of amides is 1. The zero-order valence-corrected chi connectivity index (χ0v) is 21.7. The molecule has 2 N–H and O–H groups in total. The normalized spacial score (nSPS) is 24.4. The molecule has 2 aliphatic carbocycles. The topological polar surface area (TPSA) is 82.5 Å². The molecule has 1 saturated carbocycles. The summed E-state index contributed by atoms with van der Waals surface area (Å²) in [5.41, 5.74) is 2.78. The molecule has 3 aromatic rings. The number of rotatable bonds is 7. The van der Waals surface area contributed by atoms with Crippen molar-refractivity contribution < 1.29 is 14.7 Å². The number of nitrogens with one attached hydrogen (secondary N) is 1. The maximum Gasteiger partial charge on any atom is 0.329 e.